The highest BCUT2D eigenvalue weighted by Gasteiger charge is 2.40. The molecule has 29 heavy (non-hydrogen) atoms. The number of rotatable bonds is 5. The lowest BCUT2D eigenvalue weighted by Gasteiger charge is -2.40. The lowest BCUT2D eigenvalue weighted by Crippen LogP contribution is -2.34. The zero-order valence-corrected chi connectivity index (χ0v) is 18.0. The van der Waals surface area contributed by atoms with Crippen molar-refractivity contribution in [3.63, 3.8) is 0 Å². The molecule has 2 aliphatic heterocycles. The van der Waals surface area contributed by atoms with Crippen molar-refractivity contribution >= 4 is 0 Å². The second-order valence-electron chi connectivity index (χ2n) is 7.56. The van der Waals surface area contributed by atoms with Crippen LogP contribution in [0.15, 0.2) is 18.2 Å². The molecule has 2 aromatic carbocycles. The fourth-order valence-electron chi connectivity index (χ4n) is 4.97. The summed E-state index contributed by atoms with van der Waals surface area (Å²) in [6.07, 6.45) is 2.80. The van der Waals surface area contributed by atoms with Gasteiger partial charge in [-0.2, -0.15) is 0 Å². The predicted molar refractivity (Wildman–Crippen MR) is 111 cm³/mol. The van der Waals surface area contributed by atoms with E-state index in [-0.39, 0.29) is 12.1 Å². The molecule has 0 fully saturated rings. The molecule has 6 nitrogen and oxygen atoms in total. The molecular weight excluding hydrogens is 370 g/mol. The summed E-state index contributed by atoms with van der Waals surface area (Å²) in [4.78, 5) is 2.45. The van der Waals surface area contributed by atoms with E-state index in [2.05, 4.69) is 30.1 Å². The van der Waals surface area contributed by atoms with Crippen LogP contribution in [0.2, 0.25) is 0 Å². The number of nitrogens with zero attached hydrogens (tertiary/aromatic N) is 1. The molecule has 0 saturated heterocycles. The van der Waals surface area contributed by atoms with Gasteiger partial charge in [-0.25, -0.2) is 0 Å². The lowest BCUT2D eigenvalue weighted by atomic mass is 9.85. The van der Waals surface area contributed by atoms with Gasteiger partial charge in [-0.1, -0.05) is 0 Å². The molecule has 0 saturated carbocycles. The number of likely N-dealkylation sites (N-methyl/N-ethyl adjacent to an activating group) is 1. The van der Waals surface area contributed by atoms with E-state index in [9.17, 15) is 0 Å². The Morgan fingerprint density at radius 2 is 1.34 bits per heavy atom. The number of ether oxygens (including phenoxy) is 5. The summed E-state index contributed by atoms with van der Waals surface area (Å²) in [6.45, 7) is 0. The number of benzene rings is 2. The van der Waals surface area contributed by atoms with Gasteiger partial charge in [0, 0.05) is 17.6 Å². The highest BCUT2D eigenvalue weighted by atomic mass is 16.5. The van der Waals surface area contributed by atoms with Gasteiger partial charge < -0.3 is 23.7 Å². The van der Waals surface area contributed by atoms with Crippen LogP contribution >= 0.6 is 0 Å². The van der Waals surface area contributed by atoms with Gasteiger partial charge in [0.15, 0.2) is 23.0 Å². The quantitative estimate of drug-likeness (QED) is 0.759. The second kappa shape index (κ2) is 7.67. The van der Waals surface area contributed by atoms with E-state index in [0.29, 0.717) is 11.5 Å². The van der Waals surface area contributed by atoms with Crippen molar-refractivity contribution in [2.75, 3.05) is 42.6 Å². The Labute approximate surface area is 172 Å². The van der Waals surface area contributed by atoms with Crippen LogP contribution < -0.4 is 23.7 Å². The van der Waals surface area contributed by atoms with Gasteiger partial charge in [0.1, 0.15) is 0 Å². The maximum atomic E-state index is 5.87. The first-order valence-corrected chi connectivity index (χ1v) is 9.86. The molecule has 2 aromatic rings. The van der Waals surface area contributed by atoms with E-state index in [4.69, 9.17) is 23.7 Å². The molecule has 0 unspecified atom stereocenters. The van der Waals surface area contributed by atoms with Crippen molar-refractivity contribution in [2.45, 2.75) is 31.3 Å². The standard InChI is InChI=1S/C23H29NO5/c1-24-16-8-7-13-10-20(27-4)22(28-5)23(29-6)21(13)17(24)9-14-11-18(25-2)19(26-3)12-15(14)16/h10-12,16-17H,7-9H2,1-6H3/t16-,17-/m1/s1. The van der Waals surface area contributed by atoms with Crippen LogP contribution in [-0.4, -0.2) is 47.5 Å². The number of hydrogen-bond donors (Lipinski definition) is 0. The first-order valence-electron chi connectivity index (χ1n) is 9.86. The smallest absolute Gasteiger partial charge is 0.203 e. The van der Waals surface area contributed by atoms with E-state index in [1.807, 2.05) is 0 Å². The Kier molecular flexibility index (Phi) is 5.21. The van der Waals surface area contributed by atoms with E-state index in [1.54, 1.807) is 35.5 Å². The third-order valence-electron chi connectivity index (χ3n) is 6.38. The predicted octanol–water partition coefficient (Wildman–Crippen LogP) is 3.95. The van der Waals surface area contributed by atoms with Gasteiger partial charge in [0.25, 0.3) is 0 Å². The van der Waals surface area contributed by atoms with Crippen molar-refractivity contribution in [1.82, 2.24) is 4.90 Å². The summed E-state index contributed by atoms with van der Waals surface area (Å²) in [5.41, 5.74) is 5.05. The first-order chi connectivity index (χ1) is 14.1. The van der Waals surface area contributed by atoms with Crippen LogP contribution in [0.25, 0.3) is 0 Å². The molecule has 0 aromatic heterocycles. The zero-order valence-electron chi connectivity index (χ0n) is 18.0. The van der Waals surface area contributed by atoms with Gasteiger partial charge in [0.2, 0.25) is 5.75 Å². The first kappa shape index (κ1) is 19.7. The lowest BCUT2D eigenvalue weighted by molar-refractivity contribution is 0.151. The normalized spacial score (nSPS) is 20.2. The molecule has 156 valence electrons. The third kappa shape index (κ3) is 2.97. The van der Waals surface area contributed by atoms with E-state index >= 15 is 0 Å². The molecule has 0 amide bonds. The van der Waals surface area contributed by atoms with Crippen molar-refractivity contribution < 1.29 is 23.7 Å². The second-order valence-corrected chi connectivity index (χ2v) is 7.56. The number of aryl methyl sites for hydroxylation is 1. The Balaban J connectivity index is 1.91. The summed E-state index contributed by atoms with van der Waals surface area (Å²) >= 11 is 0. The largest absolute Gasteiger partial charge is 0.493 e. The third-order valence-corrected chi connectivity index (χ3v) is 6.38. The number of fused-ring (bicyclic) bond motifs is 6. The molecule has 6 heteroatoms. The molecule has 2 heterocycles. The van der Waals surface area contributed by atoms with Crippen LogP contribution in [0.5, 0.6) is 28.7 Å². The highest BCUT2D eigenvalue weighted by Crippen LogP contribution is 2.53. The zero-order chi connectivity index (χ0) is 20.7. The topological polar surface area (TPSA) is 49.4 Å². The highest BCUT2D eigenvalue weighted by molar-refractivity contribution is 5.62. The van der Waals surface area contributed by atoms with Crippen LogP contribution in [-0.2, 0) is 12.8 Å². The maximum Gasteiger partial charge on any atom is 0.203 e. The monoisotopic (exact) mass is 399 g/mol. The van der Waals surface area contributed by atoms with Gasteiger partial charge in [0.05, 0.1) is 35.5 Å². The fraction of sp³-hybridized carbons (Fsp3) is 0.478. The van der Waals surface area contributed by atoms with Crippen LogP contribution in [0.3, 0.4) is 0 Å². The molecule has 0 radical (unpaired) electrons. The SMILES string of the molecule is COc1cc2c(cc1OC)[C@H]1CCc3cc(OC)c(OC)c(OC)c3[C@@H](C2)N1C. The minimum absolute atomic E-state index is 0.179. The molecule has 2 aliphatic rings. The van der Waals surface area contributed by atoms with Crippen molar-refractivity contribution in [2.24, 2.45) is 0 Å². The van der Waals surface area contributed by atoms with Crippen molar-refractivity contribution in [1.29, 1.82) is 0 Å². The molecule has 2 atom stereocenters. The van der Waals surface area contributed by atoms with Crippen LogP contribution in [0.4, 0.5) is 0 Å². The van der Waals surface area contributed by atoms with E-state index < -0.39 is 0 Å². The Morgan fingerprint density at radius 1 is 0.724 bits per heavy atom. The molecular formula is C23H29NO5. The summed E-state index contributed by atoms with van der Waals surface area (Å²) in [7, 11) is 10.6. The Morgan fingerprint density at radius 3 is 1.97 bits per heavy atom. The summed E-state index contributed by atoms with van der Waals surface area (Å²) in [5, 5.41) is 0. The Hall–Kier alpha value is -2.60. The van der Waals surface area contributed by atoms with Gasteiger partial charge in [-0.15, -0.1) is 0 Å². The van der Waals surface area contributed by atoms with Gasteiger partial charge >= 0.3 is 0 Å². The molecule has 4 rings (SSSR count). The molecule has 0 spiro atoms. The van der Waals surface area contributed by atoms with Crippen LogP contribution in [0, 0.1) is 0 Å². The molecule has 0 N–H and O–H groups in total. The minimum Gasteiger partial charge on any atom is -0.493 e. The van der Waals surface area contributed by atoms with Gasteiger partial charge in [-0.05, 0) is 61.2 Å². The summed E-state index contributed by atoms with van der Waals surface area (Å²) < 4.78 is 28.3. The molecule has 2 bridgehead atoms. The molecule has 0 aliphatic carbocycles. The van der Waals surface area contributed by atoms with Crippen molar-refractivity contribution in [3.05, 3.63) is 40.5 Å². The minimum atomic E-state index is 0.179. The average Bonchev–Trinajstić information content (AvgIpc) is 2.83. The average molecular weight is 399 g/mol. The Bertz CT molecular complexity index is 926. The summed E-state index contributed by atoms with van der Waals surface area (Å²) in [6, 6.07) is 6.84. The maximum absolute atomic E-state index is 5.87. The van der Waals surface area contributed by atoms with Crippen LogP contribution in [0.1, 0.15) is 40.8 Å². The van der Waals surface area contributed by atoms with Gasteiger partial charge in [-0.3, -0.25) is 4.90 Å². The number of methoxy groups -OCH3 is 5. The van der Waals surface area contributed by atoms with E-state index in [0.717, 1.165) is 36.5 Å². The van der Waals surface area contributed by atoms with E-state index in [1.165, 1.54) is 22.3 Å². The number of hydrogen-bond acceptors (Lipinski definition) is 6. The summed E-state index contributed by atoms with van der Waals surface area (Å²) in [5.74, 6) is 3.68. The van der Waals surface area contributed by atoms with Crippen molar-refractivity contribution in [3.8, 4) is 28.7 Å². The fourth-order valence-corrected chi connectivity index (χ4v) is 4.97.